The van der Waals surface area contributed by atoms with Crippen LogP contribution in [0, 0.1) is 11.8 Å². The van der Waals surface area contributed by atoms with E-state index in [1.54, 1.807) is 0 Å². The van der Waals surface area contributed by atoms with Gasteiger partial charge in [-0.25, -0.2) is 0 Å². The van der Waals surface area contributed by atoms with E-state index in [9.17, 15) is 14.4 Å². The average molecular weight is 383 g/mol. The predicted molar refractivity (Wildman–Crippen MR) is 106 cm³/mol. The summed E-state index contributed by atoms with van der Waals surface area (Å²) >= 11 is 0. The minimum absolute atomic E-state index is 0.0281. The quantitative estimate of drug-likeness (QED) is 0.846. The zero-order valence-electron chi connectivity index (χ0n) is 16.3. The third kappa shape index (κ3) is 4.21. The molecule has 1 aromatic rings. The Labute approximate surface area is 166 Å². The van der Waals surface area contributed by atoms with E-state index in [0.717, 1.165) is 51.6 Å². The van der Waals surface area contributed by atoms with Crippen molar-refractivity contribution < 1.29 is 14.4 Å². The lowest BCUT2D eigenvalue weighted by molar-refractivity contribution is -0.138. The highest BCUT2D eigenvalue weighted by Gasteiger charge is 2.39. The van der Waals surface area contributed by atoms with Crippen LogP contribution in [0.25, 0.3) is 0 Å². The van der Waals surface area contributed by atoms with Crippen LogP contribution in [0.2, 0.25) is 0 Å². The first kappa shape index (κ1) is 19.0. The molecule has 0 radical (unpaired) electrons. The van der Waals surface area contributed by atoms with Gasteiger partial charge in [-0.2, -0.15) is 0 Å². The van der Waals surface area contributed by atoms with E-state index in [0.29, 0.717) is 18.7 Å². The first-order chi connectivity index (χ1) is 13.6. The standard InChI is InChI=1S/C22H29N3O3/c26-20(17-8-9-17)23-19(22(28)24-12-4-5-13-24)16-10-14-25(15-11-16)21(27)18-6-2-1-3-7-18/h1-3,6-7,16-17,19H,4-5,8-15H2,(H,23,26). The van der Waals surface area contributed by atoms with Crippen molar-refractivity contribution in [2.75, 3.05) is 26.2 Å². The number of nitrogens with one attached hydrogen (secondary N) is 1. The molecule has 1 atom stereocenters. The number of benzene rings is 1. The number of carbonyl (C=O) groups excluding carboxylic acids is 3. The number of hydrogen-bond acceptors (Lipinski definition) is 3. The SMILES string of the molecule is O=C(NC(C(=O)N1CCCC1)C1CCN(C(=O)c2ccccc2)CC1)C1CC1. The summed E-state index contributed by atoms with van der Waals surface area (Å²) in [5.41, 5.74) is 0.702. The smallest absolute Gasteiger partial charge is 0.253 e. The van der Waals surface area contributed by atoms with Crippen molar-refractivity contribution in [3.8, 4) is 0 Å². The van der Waals surface area contributed by atoms with Gasteiger partial charge >= 0.3 is 0 Å². The minimum Gasteiger partial charge on any atom is -0.344 e. The fourth-order valence-electron chi connectivity index (χ4n) is 4.33. The van der Waals surface area contributed by atoms with Crippen LogP contribution in [-0.4, -0.2) is 59.7 Å². The van der Waals surface area contributed by atoms with Crippen molar-refractivity contribution in [1.82, 2.24) is 15.1 Å². The van der Waals surface area contributed by atoms with E-state index < -0.39 is 6.04 Å². The van der Waals surface area contributed by atoms with E-state index in [1.807, 2.05) is 40.1 Å². The Morgan fingerprint density at radius 3 is 2.11 bits per heavy atom. The fraction of sp³-hybridized carbons (Fsp3) is 0.591. The van der Waals surface area contributed by atoms with Crippen molar-refractivity contribution in [3.63, 3.8) is 0 Å². The van der Waals surface area contributed by atoms with Crippen LogP contribution in [0.3, 0.4) is 0 Å². The van der Waals surface area contributed by atoms with Gasteiger partial charge in [0, 0.05) is 37.7 Å². The zero-order chi connectivity index (χ0) is 19.5. The number of nitrogens with zero attached hydrogens (tertiary/aromatic N) is 2. The Morgan fingerprint density at radius 2 is 1.50 bits per heavy atom. The molecule has 6 nitrogen and oxygen atoms in total. The molecule has 150 valence electrons. The average Bonchev–Trinajstić information content (AvgIpc) is 3.46. The highest BCUT2D eigenvalue weighted by molar-refractivity contribution is 5.94. The van der Waals surface area contributed by atoms with Crippen molar-refractivity contribution in [1.29, 1.82) is 0 Å². The van der Waals surface area contributed by atoms with Crippen molar-refractivity contribution in [2.45, 2.75) is 44.6 Å². The molecule has 1 unspecified atom stereocenters. The second kappa shape index (κ2) is 8.33. The highest BCUT2D eigenvalue weighted by atomic mass is 16.2. The van der Waals surface area contributed by atoms with E-state index in [4.69, 9.17) is 0 Å². The molecule has 1 N–H and O–H groups in total. The molecule has 1 saturated carbocycles. The number of piperidine rings is 1. The Bertz CT molecular complexity index is 718. The van der Waals surface area contributed by atoms with Crippen LogP contribution in [0.5, 0.6) is 0 Å². The van der Waals surface area contributed by atoms with Gasteiger partial charge in [-0.05, 0) is 56.6 Å². The summed E-state index contributed by atoms with van der Waals surface area (Å²) in [6.07, 6.45) is 5.43. The summed E-state index contributed by atoms with van der Waals surface area (Å²) in [5.74, 6) is 0.326. The molecule has 28 heavy (non-hydrogen) atoms. The molecule has 0 spiro atoms. The van der Waals surface area contributed by atoms with E-state index in [1.165, 1.54) is 0 Å². The van der Waals surface area contributed by atoms with Gasteiger partial charge < -0.3 is 15.1 Å². The molecule has 3 amide bonds. The maximum Gasteiger partial charge on any atom is 0.253 e. The Morgan fingerprint density at radius 1 is 0.857 bits per heavy atom. The highest BCUT2D eigenvalue weighted by Crippen LogP contribution is 2.30. The predicted octanol–water partition coefficient (Wildman–Crippen LogP) is 2.06. The van der Waals surface area contributed by atoms with Crippen LogP contribution in [-0.2, 0) is 9.59 Å². The maximum absolute atomic E-state index is 13.1. The summed E-state index contributed by atoms with van der Waals surface area (Å²) in [6, 6.07) is 8.88. The Kier molecular flexibility index (Phi) is 5.64. The summed E-state index contributed by atoms with van der Waals surface area (Å²) in [5, 5.41) is 3.07. The summed E-state index contributed by atoms with van der Waals surface area (Å²) in [6.45, 7) is 2.84. The number of likely N-dealkylation sites (tertiary alicyclic amines) is 2. The van der Waals surface area contributed by atoms with Gasteiger partial charge in [0.25, 0.3) is 5.91 Å². The molecule has 1 aromatic carbocycles. The summed E-state index contributed by atoms with van der Waals surface area (Å²) in [4.78, 5) is 41.9. The summed E-state index contributed by atoms with van der Waals surface area (Å²) < 4.78 is 0. The third-order valence-corrected chi connectivity index (χ3v) is 6.25. The van der Waals surface area contributed by atoms with Gasteiger partial charge in [0.05, 0.1) is 0 Å². The largest absolute Gasteiger partial charge is 0.344 e. The second-order valence-electron chi connectivity index (χ2n) is 8.29. The molecular formula is C22H29N3O3. The van der Waals surface area contributed by atoms with E-state index >= 15 is 0 Å². The third-order valence-electron chi connectivity index (χ3n) is 6.25. The van der Waals surface area contributed by atoms with E-state index in [2.05, 4.69) is 5.32 Å². The van der Waals surface area contributed by atoms with Crippen LogP contribution >= 0.6 is 0 Å². The van der Waals surface area contributed by atoms with Gasteiger partial charge in [0.1, 0.15) is 6.04 Å². The Hall–Kier alpha value is -2.37. The lowest BCUT2D eigenvalue weighted by atomic mass is 9.88. The van der Waals surface area contributed by atoms with Crippen molar-refractivity contribution in [2.24, 2.45) is 11.8 Å². The molecule has 2 heterocycles. The monoisotopic (exact) mass is 383 g/mol. The molecule has 0 aromatic heterocycles. The molecule has 0 bridgehead atoms. The molecular weight excluding hydrogens is 354 g/mol. The molecule has 2 aliphatic heterocycles. The van der Waals surface area contributed by atoms with Crippen LogP contribution in [0.15, 0.2) is 30.3 Å². The first-order valence-corrected chi connectivity index (χ1v) is 10.6. The Balaban J connectivity index is 1.40. The van der Waals surface area contributed by atoms with Gasteiger partial charge in [-0.1, -0.05) is 18.2 Å². The number of rotatable bonds is 5. The molecule has 3 fully saturated rings. The molecule has 3 aliphatic rings. The van der Waals surface area contributed by atoms with E-state index in [-0.39, 0.29) is 29.6 Å². The number of amides is 3. The van der Waals surface area contributed by atoms with Crippen LogP contribution in [0.1, 0.15) is 48.9 Å². The lowest BCUT2D eigenvalue weighted by Gasteiger charge is -2.37. The van der Waals surface area contributed by atoms with Gasteiger partial charge in [-0.3, -0.25) is 14.4 Å². The molecule has 6 heteroatoms. The van der Waals surface area contributed by atoms with Crippen LogP contribution in [0.4, 0.5) is 0 Å². The normalized spacial score (nSPS) is 21.4. The maximum atomic E-state index is 13.1. The van der Waals surface area contributed by atoms with Crippen molar-refractivity contribution >= 4 is 17.7 Å². The van der Waals surface area contributed by atoms with Gasteiger partial charge in [0.2, 0.25) is 11.8 Å². The first-order valence-electron chi connectivity index (χ1n) is 10.6. The van der Waals surface area contributed by atoms with Crippen LogP contribution < -0.4 is 5.32 Å². The number of carbonyl (C=O) groups is 3. The topological polar surface area (TPSA) is 69.7 Å². The summed E-state index contributed by atoms with van der Waals surface area (Å²) in [7, 11) is 0. The molecule has 4 rings (SSSR count). The van der Waals surface area contributed by atoms with Gasteiger partial charge in [0.15, 0.2) is 0 Å². The van der Waals surface area contributed by atoms with Crippen molar-refractivity contribution in [3.05, 3.63) is 35.9 Å². The second-order valence-corrected chi connectivity index (χ2v) is 8.29. The molecule has 1 aliphatic carbocycles. The zero-order valence-corrected chi connectivity index (χ0v) is 16.3. The minimum atomic E-state index is -0.444. The van der Waals surface area contributed by atoms with Gasteiger partial charge in [-0.15, -0.1) is 0 Å². The number of hydrogen-bond donors (Lipinski definition) is 1. The fourth-order valence-corrected chi connectivity index (χ4v) is 4.33. The lowest BCUT2D eigenvalue weighted by Crippen LogP contribution is -2.54. The molecule has 2 saturated heterocycles.